The molecule has 0 nitrogen and oxygen atoms in total. The van der Waals surface area contributed by atoms with Crippen LogP contribution in [0.1, 0.15) is 6.42 Å². The Morgan fingerprint density at radius 2 is 1.75 bits per heavy atom. The molecule has 0 spiro atoms. The van der Waals surface area contributed by atoms with Crippen molar-refractivity contribution in [3.05, 3.63) is 58.2 Å². The van der Waals surface area contributed by atoms with Crippen molar-refractivity contribution in [2.24, 2.45) is 0 Å². The maximum absolute atomic E-state index is 3.48. The van der Waals surface area contributed by atoms with Gasteiger partial charge in [0.2, 0.25) is 0 Å². The molecule has 0 aromatic rings. The summed E-state index contributed by atoms with van der Waals surface area (Å²) in [5, 5.41) is 0. The van der Waals surface area contributed by atoms with Crippen molar-refractivity contribution in [2.45, 2.75) is 6.42 Å². The third-order valence-corrected chi connectivity index (χ3v) is 2.41. The van der Waals surface area contributed by atoms with Crippen LogP contribution in [0, 0.1) is 0 Å². The van der Waals surface area contributed by atoms with Crippen LogP contribution >= 0.6 is 15.9 Å². The molecule has 2 aliphatic rings. The average Bonchev–Trinajstić information content (AvgIpc) is 2.35. The Bertz CT molecular complexity index is 338. The van der Waals surface area contributed by atoms with Crippen LogP contribution in [-0.4, -0.2) is 0 Å². The summed E-state index contributed by atoms with van der Waals surface area (Å²) in [6.07, 6.45) is 15.9. The zero-order chi connectivity index (χ0) is 8.39. The largest absolute Gasteiger partial charge is 0.0620 e. The topological polar surface area (TPSA) is 0 Å². The summed E-state index contributed by atoms with van der Waals surface area (Å²) >= 11 is 3.48. The van der Waals surface area contributed by atoms with E-state index in [9.17, 15) is 0 Å². The SMILES string of the molecule is BrC1=CC2=CC=CC=C(C=C1)C2. The molecule has 0 saturated carbocycles. The molecule has 2 bridgehead atoms. The maximum Gasteiger partial charge on any atom is 0.0178 e. The van der Waals surface area contributed by atoms with Crippen molar-refractivity contribution in [3.8, 4) is 0 Å². The number of fused-ring (bicyclic) bond motifs is 2. The number of allylic oxidation sites excluding steroid dienone is 10. The summed E-state index contributed by atoms with van der Waals surface area (Å²) in [5.74, 6) is 0. The van der Waals surface area contributed by atoms with Gasteiger partial charge >= 0.3 is 0 Å². The molecule has 0 atom stereocenters. The molecule has 12 heavy (non-hydrogen) atoms. The van der Waals surface area contributed by atoms with Crippen LogP contribution < -0.4 is 0 Å². The highest BCUT2D eigenvalue weighted by Crippen LogP contribution is 2.24. The first-order chi connectivity index (χ1) is 5.84. The monoisotopic (exact) mass is 220 g/mol. The van der Waals surface area contributed by atoms with E-state index in [2.05, 4.69) is 58.5 Å². The molecule has 60 valence electrons. The fourth-order valence-corrected chi connectivity index (χ4v) is 1.76. The zero-order valence-corrected chi connectivity index (χ0v) is 8.21. The van der Waals surface area contributed by atoms with E-state index in [1.54, 1.807) is 0 Å². The highest BCUT2D eigenvalue weighted by Gasteiger charge is 2.03. The van der Waals surface area contributed by atoms with E-state index in [4.69, 9.17) is 0 Å². The normalized spacial score (nSPS) is 20.6. The van der Waals surface area contributed by atoms with Crippen molar-refractivity contribution in [2.75, 3.05) is 0 Å². The van der Waals surface area contributed by atoms with Gasteiger partial charge < -0.3 is 0 Å². The molecule has 0 aromatic heterocycles. The van der Waals surface area contributed by atoms with Gasteiger partial charge in [0.1, 0.15) is 0 Å². The van der Waals surface area contributed by atoms with Crippen LogP contribution in [-0.2, 0) is 0 Å². The Morgan fingerprint density at radius 3 is 2.58 bits per heavy atom. The molecule has 0 radical (unpaired) electrons. The van der Waals surface area contributed by atoms with Gasteiger partial charge in [-0.2, -0.15) is 0 Å². The average molecular weight is 221 g/mol. The van der Waals surface area contributed by atoms with E-state index in [1.165, 1.54) is 11.1 Å². The lowest BCUT2D eigenvalue weighted by molar-refractivity contribution is 1.23. The Hall–Kier alpha value is -0.820. The first-order valence-corrected chi connectivity index (χ1v) is 4.75. The van der Waals surface area contributed by atoms with Gasteiger partial charge in [0.25, 0.3) is 0 Å². The lowest BCUT2D eigenvalue weighted by atomic mass is 10.1. The highest BCUT2D eigenvalue weighted by atomic mass is 79.9. The third kappa shape index (κ3) is 1.67. The molecule has 1 heteroatoms. The summed E-state index contributed by atoms with van der Waals surface area (Å²) in [5.41, 5.74) is 2.72. The van der Waals surface area contributed by atoms with Crippen LogP contribution in [0.3, 0.4) is 0 Å². The van der Waals surface area contributed by atoms with Gasteiger partial charge in [0.05, 0.1) is 0 Å². The first-order valence-electron chi connectivity index (χ1n) is 3.96. The molecular weight excluding hydrogens is 212 g/mol. The third-order valence-electron chi connectivity index (χ3n) is 1.92. The molecule has 2 rings (SSSR count). The molecule has 0 N–H and O–H groups in total. The van der Waals surface area contributed by atoms with Gasteiger partial charge in [-0.1, -0.05) is 46.3 Å². The Labute approximate surface area is 80.8 Å². The van der Waals surface area contributed by atoms with E-state index in [-0.39, 0.29) is 0 Å². The number of rotatable bonds is 0. The van der Waals surface area contributed by atoms with Gasteiger partial charge in [-0.3, -0.25) is 0 Å². The minimum absolute atomic E-state index is 1.04. The smallest absolute Gasteiger partial charge is 0.0178 e. The lowest BCUT2D eigenvalue weighted by Crippen LogP contribution is -1.78. The Kier molecular flexibility index (Phi) is 2.13. The molecular formula is C11H9Br. The van der Waals surface area contributed by atoms with E-state index < -0.39 is 0 Å². The van der Waals surface area contributed by atoms with Crippen molar-refractivity contribution in [1.82, 2.24) is 0 Å². The first kappa shape index (κ1) is 7.81. The molecule has 0 aromatic carbocycles. The van der Waals surface area contributed by atoms with Crippen LogP contribution in [0.15, 0.2) is 58.2 Å². The second kappa shape index (κ2) is 3.28. The lowest BCUT2D eigenvalue weighted by Gasteiger charge is -1.97. The number of halogens is 1. The zero-order valence-electron chi connectivity index (χ0n) is 6.63. The number of hydrogen-bond acceptors (Lipinski definition) is 0. The summed E-state index contributed by atoms with van der Waals surface area (Å²) in [4.78, 5) is 0. The second-order valence-corrected chi connectivity index (χ2v) is 3.82. The fraction of sp³-hybridized carbons (Fsp3) is 0.0909. The van der Waals surface area contributed by atoms with Gasteiger partial charge in [0, 0.05) is 4.48 Å². The summed E-state index contributed by atoms with van der Waals surface area (Å²) in [6.45, 7) is 0. The Morgan fingerprint density at radius 1 is 1.00 bits per heavy atom. The standard InChI is InChI=1S/C11H9Br/c12-11-6-5-9-3-1-2-4-10(7-9)8-11/h1-6,8H,7H2. The minimum atomic E-state index is 1.04. The van der Waals surface area contributed by atoms with E-state index >= 15 is 0 Å². The van der Waals surface area contributed by atoms with Gasteiger partial charge in [-0.25, -0.2) is 0 Å². The summed E-state index contributed by atoms with van der Waals surface area (Å²) in [7, 11) is 0. The number of hydrogen-bond donors (Lipinski definition) is 0. The van der Waals surface area contributed by atoms with Crippen molar-refractivity contribution < 1.29 is 0 Å². The van der Waals surface area contributed by atoms with Crippen LogP contribution in [0.4, 0.5) is 0 Å². The fourth-order valence-electron chi connectivity index (χ4n) is 1.34. The van der Waals surface area contributed by atoms with Gasteiger partial charge in [-0.15, -0.1) is 0 Å². The highest BCUT2D eigenvalue weighted by molar-refractivity contribution is 9.11. The Balaban J connectivity index is 2.48. The molecule has 2 aliphatic carbocycles. The van der Waals surface area contributed by atoms with Crippen molar-refractivity contribution in [3.63, 3.8) is 0 Å². The minimum Gasteiger partial charge on any atom is -0.0620 e. The summed E-state index contributed by atoms with van der Waals surface area (Å²) in [6, 6.07) is 0. The second-order valence-electron chi connectivity index (χ2n) is 2.91. The molecule has 0 heterocycles. The van der Waals surface area contributed by atoms with Gasteiger partial charge in [0.15, 0.2) is 0 Å². The molecule has 0 saturated heterocycles. The summed E-state index contributed by atoms with van der Waals surface area (Å²) < 4.78 is 1.15. The van der Waals surface area contributed by atoms with Crippen LogP contribution in [0.25, 0.3) is 0 Å². The predicted molar refractivity (Wildman–Crippen MR) is 56.1 cm³/mol. The predicted octanol–water partition coefficient (Wildman–Crippen LogP) is 3.65. The molecule has 0 unspecified atom stereocenters. The van der Waals surface area contributed by atoms with Crippen molar-refractivity contribution in [1.29, 1.82) is 0 Å². The van der Waals surface area contributed by atoms with E-state index in [0.29, 0.717) is 0 Å². The van der Waals surface area contributed by atoms with E-state index in [0.717, 1.165) is 10.9 Å². The van der Waals surface area contributed by atoms with Crippen LogP contribution in [0.5, 0.6) is 0 Å². The maximum atomic E-state index is 3.48. The molecule has 0 aliphatic heterocycles. The molecule has 0 fully saturated rings. The quantitative estimate of drug-likeness (QED) is 0.585. The van der Waals surface area contributed by atoms with Crippen molar-refractivity contribution >= 4 is 15.9 Å². The molecule has 0 amide bonds. The van der Waals surface area contributed by atoms with Crippen LogP contribution in [0.2, 0.25) is 0 Å². The van der Waals surface area contributed by atoms with E-state index in [1.807, 2.05) is 0 Å². The van der Waals surface area contributed by atoms with Gasteiger partial charge in [-0.05, 0) is 29.7 Å².